The Bertz CT molecular complexity index is 1020. The summed E-state index contributed by atoms with van der Waals surface area (Å²) >= 11 is 0. The van der Waals surface area contributed by atoms with E-state index >= 15 is 0 Å². The topological polar surface area (TPSA) is 95.9 Å². The Hall–Kier alpha value is -2.18. The molecule has 59 heavy (non-hydrogen) atoms. The van der Waals surface area contributed by atoms with Crippen molar-refractivity contribution in [2.45, 2.75) is 270 Å². The van der Waals surface area contributed by atoms with Crippen LogP contribution in [0.4, 0.5) is 0 Å². The summed E-state index contributed by atoms with van der Waals surface area (Å²) in [7, 11) is 0. The van der Waals surface area contributed by atoms with Crippen LogP contribution in [0.5, 0.6) is 0 Å². The fourth-order valence-electron chi connectivity index (χ4n) is 7.54. The standard InChI is InChI=1S/C53H97NO5/c1-4-7-10-13-16-19-22-24-26-27-28-30-32-35-38-41-44-49(59-53(58)46-43-40-37-34-31-29-25-23-20-17-14-11-8-5-2)47-52(57)54-50(48-55)51(56)45-42-39-36-33-21-18-15-12-9-6-3/h22,24,26-31,49-51,55-56H,4-21,23,25,32-48H2,1-3H3,(H,54,57)/b24-22+,27-26+,30-28+,31-29-. The molecule has 0 spiro atoms. The van der Waals surface area contributed by atoms with Crippen LogP contribution in [-0.2, 0) is 14.3 Å². The molecule has 0 aliphatic carbocycles. The van der Waals surface area contributed by atoms with Gasteiger partial charge in [-0.05, 0) is 77.0 Å². The maximum atomic E-state index is 13.2. The molecule has 0 aromatic rings. The highest BCUT2D eigenvalue weighted by Gasteiger charge is 2.24. The number of amides is 1. The fraction of sp³-hybridized carbons (Fsp3) is 0.811. The normalized spacial score (nSPS) is 13.6. The molecular weight excluding hydrogens is 731 g/mol. The van der Waals surface area contributed by atoms with E-state index in [2.05, 4.69) is 74.7 Å². The number of rotatable bonds is 45. The van der Waals surface area contributed by atoms with E-state index in [0.717, 1.165) is 83.5 Å². The van der Waals surface area contributed by atoms with Crippen LogP contribution in [0.2, 0.25) is 0 Å². The zero-order valence-electron chi connectivity index (χ0n) is 39.1. The monoisotopic (exact) mass is 828 g/mol. The lowest BCUT2D eigenvalue weighted by Gasteiger charge is -2.24. The minimum absolute atomic E-state index is 0.0493. The third-order valence-electron chi connectivity index (χ3n) is 11.4. The molecule has 3 N–H and O–H groups in total. The Morgan fingerprint density at radius 1 is 0.492 bits per heavy atom. The Kier molecular flexibility index (Phi) is 45.1. The second-order valence-electron chi connectivity index (χ2n) is 17.3. The van der Waals surface area contributed by atoms with Gasteiger partial charge in [0, 0.05) is 6.42 Å². The molecule has 0 saturated heterocycles. The van der Waals surface area contributed by atoms with Crippen molar-refractivity contribution in [3.63, 3.8) is 0 Å². The average molecular weight is 828 g/mol. The molecule has 344 valence electrons. The van der Waals surface area contributed by atoms with E-state index in [1.54, 1.807) is 0 Å². The van der Waals surface area contributed by atoms with Gasteiger partial charge in [-0.2, -0.15) is 0 Å². The number of hydrogen-bond acceptors (Lipinski definition) is 5. The Labute approximate surface area is 366 Å². The molecule has 0 saturated carbocycles. The highest BCUT2D eigenvalue weighted by Crippen LogP contribution is 2.17. The summed E-state index contributed by atoms with van der Waals surface area (Å²) in [6, 6.07) is -0.714. The maximum absolute atomic E-state index is 13.2. The fourth-order valence-corrected chi connectivity index (χ4v) is 7.54. The smallest absolute Gasteiger partial charge is 0.306 e. The van der Waals surface area contributed by atoms with Gasteiger partial charge in [0.1, 0.15) is 6.10 Å². The molecule has 0 bridgehead atoms. The number of carbonyl (C=O) groups excluding carboxylic acids is 2. The highest BCUT2D eigenvalue weighted by molar-refractivity contribution is 5.77. The largest absolute Gasteiger partial charge is 0.462 e. The van der Waals surface area contributed by atoms with Crippen molar-refractivity contribution in [3.05, 3.63) is 48.6 Å². The minimum atomic E-state index is -0.798. The van der Waals surface area contributed by atoms with Crippen LogP contribution in [0.15, 0.2) is 48.6 Å². The Morgan fingerprint density at radius 3 is 1.36 bits per heavy atom. The molecule has 0 fully saturated rings. The Balaban J connectivity index is 4.69. The second-order valence-corrected chi connectivity index (χ2v) is 17.3. The lowest BCUT2D eigenvalue weighted by Crippen LogP contribution is -2.46. The van der Waals surface area contributed by atoms with Gasteiger partial charge in [-0.1, -0.05) is 211 Å². The molecule has 0 heterocycles. The summed E-state index contributed by atoms with van der Waals surface area (Å²) in [6.07, 6.45) is 56.0. The van der Waals surface area contributed by atoms with Crippen LogP contribution >= 0.6 is 0 Å². The number of unbranched alkanes of at least 4 members (excludes halogenated alkanes) is 27. The first-order valence-corrected chi connectivity index (χ1v) is 25.4. The molecular formula is C53H97NO5. The molecule has 6 nitrogen and oxygen atoms in total. The van der Waals surface area contributed by atoms with Crippen molar-refractivity contribution in [1.29, 1.82) is 0 Å². The second kappa shape index (κ2) is 46.9. The van der Waals surface area contributed by atoms with Gasteiger partial charge in [-0.3, -0.25) is 9.59 Å². The first-order chi connectivity index (χ1) is 29.0. The molecule has 6 heteroatoms. The molecule has 0 aromatic carbocycles. The highest BCUT2D eigenvalue weighted by atomic mass is 16.5. The zero-order valence-corrected chi connectivity index (χ0v) is 39.1. The van der Waals surface area contributed by atoms with E-state index in [1.807, 2.05) is 0 Å². The third kappa shape index (κ3) is 42.3. The minimum Gasteiger partial charge on any atom is -0.462 e. The van der Waals surface area contributed by atoms with Crippen LogP contribution in [0, 0.1) is 0 Å². The number of esters is 1. The molecule has 0 aromatic heterocycles. The van der Waals surface area contributed by atoms with E-state index in [0.29, 0.717) is 19.3 Å². The average Bonchev–Trinajstić information content (AvgIpc) is 3.23. The lowest BCUT2D eigenvalue weighted by atomic mass is 10.0. The number of aliphatic hydroxyl groups excluding tert-OH is 2. The van der Waals surface area contributed by atoms with Crippen molar-refractivity contribution < 1.29 is 24.5 Å². The molecule has 3 atom stereocenters. The molecule has 0 rings (SSSR count). The predicted molar refractivity (Wildman–Crippen MR) is 255 cm³/mol. The number of aliphatic hydroxyl groups is 2. The summed E-state index contributed by atoms with van der Waals surface area (Å²) < 4.78 is 5.91. The van der Waals surface area contributed by atoms with Gasteiger partial charge in [0.25, 0.3) is 0 Å². The van der Waals surface area contributed by atoms with Crippen molar-refractivity contribution in [3.8, 4) is 0 Å². The van der Waals surface area contributed by atoms with Crippen molar-refractivity contribution in [2.24, 2.45) is 0 Å². The van der Waals surface area contributed by atoms with E-state index in [9.17, 15) is 19.8 Å². The van der Waals surface area contributed by atoms with Crippen LogP contribution in [0.1, 0.15) is 252 Å². The van der Waals surface area contributed by atoms with E-state index < -0.39 is 18.2 Å². The first kappa shape index (κ1) is 56.8. The molecule has 0 aliphatic heterocycles. The van der Waals surface area contributed by atoms with Crippen molar-refractivity contribution in [2.75, 3.05) is 6.61 Å². The number of carbonyl (C=O) groups is 2. The summed E-state index contributed by atoms with van der Waals surface area (Å²) in [5, 5.41) is 23.7. The van der Waals surface area contributed by atoms with Gasteiger partial charge in [0.05, 0.1) is 25.2 Å². The summed E-state index contributed by atoms with van der Waals surface area (Å²) in [5.74, 6) is -0.523. The first-order valence-electron chi connectivity index (χ1n) is 25.4. The van der Waals surface area contributed by atoms with Gasteiger partial charge in [0.15, 0.2) is 0 Å². The summed E-state index contributed by atoms with van der Waals surface area (Å²) in [5.41, 5.74) is 0. The molecule has 0 radical (unpaired) electrons. The van der Waals surface area contributed by atoms with E-state index in [1.165, 1.54) is 122 Å². The van der Waals surface area contributed by atoms with Crippen LogP contribution < -0.4 is 5.32 Å². The van der Waals surface area contributed by atoms with Gasteiger partial charge in [-0.25, -0.2) is 0 Å². The number of hydrogen-bond donors (Lipinski definition) is 3. The summed E-state index contributed by atoms with van der Waals surface area (Å²) in [6.45, 7) is 6.44. The van der Waals surface area contributed by atoms with Crippen molar-refractivity contribution >= 4 is 11.9 Å². The van der Waals surface area contributed by atoms with Gasteiger partial charge in [0.2, 0.25) is 5.91 Å². The SMILES string of the molecule is CCCCCCC/C=C/C=C/C=C/CCCCCC(CC(=O)NC(CO)C(O)CCCCCCCCCCCC)OC(=O)CCCCC/C=C\CCCCCCCCC. The molecule has 3 unspecified atom stereocenters. The predicted octanol–water partition coefficient (Wildman–Crippen LogP) is 15.1. The van der Waals surface area contributed by atoms with Crippen LogP contribution in [0.25, 0.3) is 0 Å². The summed E-state index contributed by atoms with van der Waals surface area (Å²) in [4.78, 5) is 26.1. The van der Waals surface area contributed by atoms with E-state index in [-0.39, 0.29) is 24.9 Å². The number of nitrogens with one attached hydrogen (secondary N) is 1. The van der Waals surface area contributed by atoms with Gasteiger partial charge < -0.3 is 20.3 Å². The van der Waals surface area contributed by atoms with E-state index in [4.69, 9.17) is 4.74 Å². The lowest BCUT2D eigenvalue weighted by molar-refractivity contribution is -0.151. The third-order valence-corrected chi connectivity index (χ3v) is 11.4. The molecule has 0 aliphatic rings. The van der Waals surface area contributed by atoms with Gasteiger partial charge in [-0.15, -0.1) is 0 Å². The zero-order chi connectivity index (χ0) is 43.1. The van der Waals surface area contributed by atoms with Crippen LogP contribution in [0.3, 0.4) is 0 Å². The van der Waals surface area contributed by atoms with Crippen LogP contribution in [-0.4, -0.2) is 46.9 Å². The number of ether oxygens (including phenoxy) is 1. The Morgan fingerprint density at radius 2 is 0.881 bits per heavy atom. The number of allylic oxidation sites excluding steroid dienone is 8. The quantitative estimate of drug-likeness (QED) is 0.0246. The molecule has 1 amide bonds. The van der Waals surface area contributed by atoms with Crippen molar-refractivity contribution in [1.82, 2.24) is 5.32 Å². The maximum Gasteiger partial charge on any atom is 0.306 e. The van der Waals surface area contributed by atoms with Gasteiger partial charge >= 0.3 is 5.97 Å².